The van der Waals surface area contributed by atoms with Crippen LogP contribution in [0.3, 0.4) is 0 Å². The molecular weight excluding hydrogens is 316 g/mol. The molecule has 2 aliphatic carbocycles. The maximum Gasteiger partial charge on any atom is 0.209 e. The lowest BCUT2D eigenvalue weighted by Crippen LogP contribution is -2.44. The van der Waals surface area contributed by atoms with E-state index in [0.717, 1.165) is 25.3 Å². The van der Waals surface area contributed by atoms with Gasteiger partial charge in [0.2, 0.25) is 12.8 Å². The second-order valence-electron chi connectivity index (χ2n) is 6.62. The number of carbonyl (C=O) groups excluding carboxylic acids is 2. The van der Waals surface area contributed by atoms with Crippen molar-refractivity contribution in [3.63, 3.8) is 0 Å². The monoisotopic (exact) mass is 346 g/mol. The molecule has 0 spiro atoms. The third kappa shape index (κ3) is 8.16. The van der Waals surface area contributed by atoms with E-state index in [1.807, 2.05) is 6.92 Å². The second-order valence-corrected chi connectivity index (χ2v) is 6.62. The van der Waals surface area contributed by atoms with Gasteiger partial charge in [-0.1, -0.05) is 30.3 Å². The standard InChI is InChI=1S/C9H10.C6H10N2O2.C5H10O/c1-2-4-8(5-3-1)9-6-7-9;9-5-7-1-2-8(6-10)4-3-7;1-2-6-5-3-4-5/h1-5,9H,6-7H2;5-6H,1-4H2;5H,2-4H2,1H3. The highest BCUT2D eigenvalue weighted by molar-refractivity contribution is 5.50. The first-order valence-corrected chi connectivity index (χ1v) is 9.32. The molecule has 2 amide bonds. The van der Waals surface area contributed by atoms with Crippen molar-refractivity contribution in [1.82, 2.24) is 9.80 Å². The normalized spacial score (nSPS) is 19.1. The molecule has 1 aliphatic heterocycles. The highest BCUT2D eigenvalue weighted by Crippen LogP contribution is 2.39. The summed E-state index contributed by atoms with van der Waals surface area (Å²) in [5, 5.41) is 0. The third-order valence-corrected chi connectivity index (χ3v) is 4.42. The molecule has 0 atom stereocenters. The molecule has 0 N–H and O–H groups in total. The van der Waals surface area contributed by atoms with Gasteiger partial charge in [0.05, 0.1) is 6.10 Å². The number of hydrogen-bond acceptors (Lipinski definition) is 3. The lowest BCUT2D eigenvalue weighted by molar-refractivity contribution is -0.125. The van der Waals surface area contributed by atoms with Crippen LogP contribution >= 0.6 is 0 Å². The summed E-state index contributed by atoms with van der Waals surface area (Å²) in [5.41, 5.74) is 1.53. The van der Waals surface area contributed by atoms with E-state index in [4.69, 9.17) is 4.74 Å². The molecule has 0 radical (unpaired) electrons. The number of amides is 2. The fraction of sp³-hybridized carbons (Fsp3) is 0.600. The summed E-state index contributed by atoms with van der Waals surface area (Å²) in [5.74, 6) is 0.909. The molecule has 3 aliphatic rings. The predicted octanol–water partition coefficient (Wildman–Crippen LogP) is 2.67. The predicted molar refractivity (Wildman–Crippen MR) is 98.3 cm³/mol. The Kier molecular flexibility index (Phi) is 8.46. The Morgan fingerprint density at radius 2 is 1.44 bits per heavy atom. The van der Waals surface area contributed by atoms with Crippen molar-refractivity contribution in [3.05, 3.63) is 35.9 Å². The van der Waals surface area contributed by atoms with Crippen LogP contribution in [0.4, 0.5) is 0 Å². The Bertz CT molecular complexity index is 477. The summed E-state index contributed by atoms with van der Waals surface area (Å²) in [6.07, 6.45) is 7.70. The molecule has 1 heterocycles. The lowest BCUT2D eigenvalue weighted by Gasteiger charge is -2.29. The van der Waals surface area contributed by atoms with Crippen molar-refractivity contribution in [2.24, 2.45) is 0 Å². The molecule has 1 saturated heterocycles. The molecule has 4 rings (SSSR count). The zero-order valence-corrected chi connectivity index (χ0v) is 15.2. The first-order valence-electron chi connectivity index (χ1n) is 9.32. The molecule has 3 fully saturated rings. The van der Waals surface area contributed by atoms with Gasteiger partial charge in [-0.2, -0.15) is 0 Å². The smallest absolute Gasteiger partial charge is 0.209 e. The maximum absolute atomic E-state index is 10.2. The molecule has 138 valence electrons. The van der Waals surface area contributed by atoms with Crippen molar-refractivity contribution in [2.45, 2.75) is 44.6 Å². The Hall–Kier alpha value is -1.88. The van der Waals surface area contributed by atoms with E-state index in [-0.39, 0.29) is 0 Å². The van der Waals surface area contributed by atoms with Crippen LogP contribution in [0.2, 0.25) is 0 Å². The SMILES string of the molecule is CCOC1CC1.O=CN1CCN(C=O)CC1.c1ccc(C2CC2)cc1. The van der Waals surface area contributed by atoms with E-state index in [2.05, 4.69) is 30.3 Å². The summed E-state index contributed by atoms with van der Waals surface area (Å²) >= 11 is 0. The fourth-order valence-corrected chi connectivity index (χ4v) is 2.56. The van der Waals surface area contributed by atoms with Crippen molar-refractivity contribution >= 4 is 12.8 Å². The van der Waals surface area contributed by atoms with Gasteiger partial charge < -0.3 is 14.5 Å². The molecule has 25 heavy (non-hydrogen) atoms. The highest BCUT2D eigenvalue weighted by atomic mass is 16.5. The van der Waals surface area contributed by atoms with E-state index in [9.17, 15) is 9.59 Å². The van der Waals surface area contributed by atoms with E-state index in [0.29, 0.717) is 32.3 Å². The molecular formula is C20H30N2O3. The summed E-state index contributed by atoms with van der Waals surface area (Å²) < 4.78 is 5.15. The van der Waals surface area contributed by atoms with Crippen LogP contribution in [0.1, 0.15) is 44.1 Å². The maximum atomic E-state index is 10.2. The average molecular weight is 346 g/mol. The van der Waals surface area contributed by atoms with E-state index in [1.165, 1.54) is 31.2 Å². The third-order valence-electron chi connectivity index (χ3n) is 4.42. The molecule has 5 heteroatoms. The van der Waals surface area contributed by atoms with Gasteiger partial charge in [0.1, 0.15) is 0 Å². The van der Waals surface area contributed by atoms with Crippen LogP contribution in [0.15, 0.2) is 30.3 Å². The van der Waals surface area contributed by atoms with Crippen LogP contribution in [0.5, 0.6) is 0 Å². The summed E-state index contributed by atoms with van der Waals surface area (Å²) in [4.78, 5) is 23.7. The van der Waals surface area contributed by atoms with Gasteiger partial charge in [0.25, 0.3) is 0 Å². The van der Waals surface area contributed by atoms with E-state index in [1.54, 1.807) is 9.80 Å². The number of nitrogens with zero attached hydrogens (tertiary/aromatic N) is 2. The Balaban J connectivity index is 0.000000139. The van der Waals surface area contributed by atoms with Crippen LogP contribution in [-0.2, 0) is 14.3 Å². The van der Waals surface area contributed by atoms with Crippen molar-refractivity contribution in [1.29, 1.82) is 0 Å². The Morgan fingerprint density at radius 1 is 0.920 bits per heavy atom. The molecule has 1 aromatic carbocycles. The summed E-state index contributed by atoms with van der Waals surface area (Å²) in [6, 6.07) is 10.8. The Labute approximate surface area is 150 Å². The first-order chi connectivity index (χ1) is 12.3. The zero-order valence-electron chi connectivity index (χ0n) is 15.2. The minimum absolute atomic E-state index is 0.648. The number of ether oxygens (including phenoxy) is 1. The van der Waals surface area contributed by atoms with Gasteiger partial charge in [-0.05, 0) is 44.1 Å². The summed E-state index contributed by atoms with van der Waals surface area (Å²) in [7, 11) is 0. The van der Waals surface area contributed by atoms with Gasteiger partial charge >= 0.3 is 0 Å². The van der Waals surface area contributed by atoms with Crippen molar-refractivity contribution < 1.29 is 14.3 Å². The fourth-order valence-electron chi connectivity index (χ4n) is 2.56. The van der Waals surface area contributed by atoms with Crippen molar-refractivity contribution in [2.75, 3.05) is 32.8 Å². The number of hydrogen-bond donors (Lipinski definition) is 0. The van der Waals surface area contributed by atoms with E-state index >= 15 is 0 Å². The number of rotatable bonds is 5. The number of carbonyl (C=O) groups is 2. The minimum atomic E-state index is 0.648. The van der Waals surface area contributed by atoms with Crippen LogP contribution in [-0.4, -0.2) is 61.5 Å². The van der Waals surface area contributed by atoms with Gasteiger partial charge in [-0.3, -0.25) is 9.59 Å². The van der Waals surface area contributed by atoms with Gasteiger partial charge in [-0.25, -0.2) is 0 Å². The molecule has 0 unspecified atom stereocenters. The molecule has 2 saturated carbocycles. The van der Waals surface area contributed by atoms with Gasteiger partial charge in [0.15, 0.2) is 0 Å². The zero-order chi connectivity index (χ0) is 17.9. The van der Waals surface area contributed by atoms with Crippen molar-refractivity contribution in [3.8, 4) is 0 Å². The largest absolute Gasteiger partial charge is 0.379 e. The molecule has 1 aromatic rings. The van der Waals surface area contributed by atoms with Gasteiger partial charge in [-0.15, -0.1) is 0 Å². The lowest BCUT2D eigenvalue weighted by atomic mass is 10.1. The Morgan fingerprint density at radius 3 is 1.76 bits per heavy atom. The quantitative estimate of drug-likeness (QED) is 0.770. The second kappa shape index (κ2) is 10.9. The first kappa shape index (κ1) is 19.4. The molecule has 5 nitrogen and oxygen atoms in total. The highest BCUT2D eigenvalue weighted by Gasteiger charge is 2.22. The van der Waals surface area contributed by atoms with E-state index < -0.39 is 0 Å². The molecule has 0 aromatic heterocycles. The van der Waals surface area contributed by atoms with Crippen LogP contribution < -0.4 is 0 Å². The summed E-state index contributed by atoms with van der Waals surface area (Å²) in [6.45, 7) is 5.61. The minimum Gasteiger partial charge on any atom is -0.379 e. The van der Waals surface area contributed by atoms with Gasteiger partial charge in [0, 0.05) is 32.8 Å². The topological polar surface area (TPSA) is 49.9 Å². The van der Waals surface area contributed by atoms with Crippen LogP contribution in [0, 0.1) is 0 Å². The number of piperazine rings is 1. The average Bonchev–Trinajstić information content (AvgIpc) is 3.58. The van der Waals surface area contributed by atoms with Crippen LogP contribution in [0.25, 0.3) is 0 Å². The molecule has 0 bridgehead atoms. The number of benzene rings is 1.